The second-order valence-corrected chi connectivity index (χ2v) is 4.60. The van der Waals surface area contributed by atoms with Gasteiger partial charge in [0.25, 0.3) is 0 Å². The van der Waals surface area contributed by atoms with Gasteiger partial charge in [0.2, 0.25) is 0 Å². The van der Waals surface area contributed by atoms with Crippen molar-refractivity contribution in [1.29, 1.82) is 0 Å². The molecule has 2 rings (SSSR count). The molecule has 1 aliphatic rings. The Morgan fingerprint density at radius 3 is 3.05 bits per heavy atom. The Hall–Kier alpha value is -2.05. The number of carbonyl (C=O) groups excluding carboxylic acids is 1. The summed E-state index contributed by atoms with van der Waals surface area (Å²) in [6.07, 6.45) is 6.18. The van der Waals surface area contributed by atoms with Crippen LogP contribution in [0.2, 0.25) is 0 Å². The molecule has 1 fully saturated rings. The van der Waals surface area contributed by atoms with Crippen molar-refractivity contribution in [2.24, 2.45) is 0 Å². The number of imidazole rings is 1. The fourth-order valence-electron chi connectivity index (χ4n) is 2.26. The highest BCUT2D eigenvalue weighted by Crippen LogP contribution is 2.17. The van der Waals surface area contributed by atoms with E-state index in [1.165, 1.54) is 4.90 Å². The molecular formula is C12H18N4O3. The number of hydrogen-bond acceptors (Lipinski definition) is 3. The lowest BCUT2D eigenvalue weighted by atomic mass is 10.0. The van der Waals surface area contributed by atoms with E-state index in [1.54, 1.807) is 12.5 Å². The van der Waals surface area contributed by atoms with Gasteiger partial charge in [-0.3, -0.25) is 0 Å². The van der Waals surface area contributed by atoms with E-state index in [0.29, 0.717) is 25.9 Å². The van der Waals surface area contributed by atoms with Gasteiger partial charge in [-0.05, 0) is 19.3 Å². The minimum atomic E-state index is -0.927. The molecule has 1 aromatic heterocycles. The van der Waals surface area contributed by atoms with Gasteiger partial charge in [0, 0.05) is 31.4 Å². The van der Waals surface area contributed by atoms with Crippen LogP contribution in [-0.2, 0) is 11.2 Å². The van der Waals surface area contributed by atoms with Gasteiger partial charge in [-0.2, -0.15) is 0 Å². The number of H-pyrrole nitrogens is 1. The van der Waals surface area contributed by atoms with Crippen LogP contribution in [0.15, 0.2) is 12.5 Å². The number of aromatic amines is 1. The van der Waals surface area contributed by atoms with E-state index in [-0.39, 0.29) is 6.03 Å². The van der Waals surface area contributed by atoms with Crippen molar-refractivity contribution >= 4 is 12.0 Å². The molecule has 3 N–H and O–H groups in total. The van der Waals surface area contributed by atoms with Crippen LogP contribution in [0.25, 0.3) is 0 Å². The molecular weight excluding hydrogens is 248 g/mol. The Labute approximate surface area is 111 Å². The Bertz CT molecular complexity index is 432. The SMILES string of the molecule is O=C(O)C1CCCCN1C(=O)NCCc1cnc[nH]1. The van der Waals surface area contributed by atoms with E-state index < -0.39 is 12.0 Å². The summed E-state index contributed by atoms with van der Waals surface area (Å²) in [5.74, 6) is -0.927. The first-order valence-corrected chi connectivity index (χ1v) is 6.43. The lowest BCUT2D eigenvalue weighted by Crippen LogP contribution is -2.52. The summed E-state index contributed by atoms with van der Waals surface area (Å²) in [5.41, 5.74) is 0.939. The lowest BCUT2D eigenvalue weighted by molar-refractivity contribution is -0.143. The van der Waals surface area contributed by atoms with Gasteiger partial charge < -0.3 is 20.3 Å². The van der Waals surface area contributed by atoms with Gasteiger partial charge in [-0.15, -0.1) is 0 Å². The van der Waals surface area contributed by atoms with E-state index in [0.717, 1.165) is 18.5 Å². The molecule has 0 aromatic carbocycles. The number of aromatic nitrogens is 2. The molecule has 0 bridgehead atoms. The summed E-state index contributed by atoms with van der Waals surface area (Å²) in [5, 5.41) is 11.8. The number of nitrogens with zero attached hydrogens (tertiary/aromatic N) is 2. The lowest BCUT2D eigenvalue weighted by Gasteiger charge is -2.32. The molecule has 1 atom stereocenters. The fraction of sp³-hybridized carbons (Fsp3) is 0.583. The number of urea groups is 1. The van der Waals surface area contributed by atoms with Crippen molar-refractivity contribution in [2.75, 3.05) is 13.1 Å². The maximum Gasteiger partial charge on any atom is 0.326 e. The highest BCUT2D eigenvalue weighted by molar-refractivity contribution is 5.82. The molecule has 1 saturated heterocycles. The molecule has 19 heavy (non-hydrogen) atoms. The van der Waals surface area contributed by atoms with Crippen molar-refractivity contribution in [1.82, 2.24) is 20.2 Å². The van der Waals surface area contributed by atoms with Crippen LogP contribution in [0.3, 0.4) is 0 Å². The van der Waals surface area contributed by atoms with E-state index in [4.69, 9.17) is 5.11 Å². The third-order valence-electron chi connectivity index (χ3n) is 3.27. The third kappa shape index (κ3) is 3.46. The van der Waals surface area contributed by atoms with E-state index in [9.17, 15) is 9.59 Å². The first-order chi connectivity index (χ1) is 9.18. The predicted molar refractivity (Wildman–Crippen MR) is 67.7 cm³/mol. The van der Waals surface area contributed by atoms with Crippen LogP contribution in [0.5, 0.6) is 0 Å². The van der Waals surface area contributed by atoms with Crippen molar-refractivity contribution in [3.05, 3.63) is 18.2 Å². The van der Waals surface area contributed by atoms with Gasteiger partial charge in [0.1, 0.15) is 6.04 Å². The molecule has 2 heterocycles. The van der Waals surface area contributed by atoms with Crippen LogP contribution in [0, 0.1) is 0 Å². The van der Waals surface area contributed by atoms with Gasteiger partial charge >= 0.3 is 12.0 Å². The normalized spacial score (nSPS) is 19.2. The molecule has 1 unspecified atom stereocenters. The number of aliphatic carboxylic acids is 1. The van der Waals surface area contributed by atoms with Gasteiger partial charge in [0.05, 0.1) is 6.33 Å². The number of piperidine rings is 1. The summed E-state index contributed by atoms with van der Waals surface area (Å²) in [6, 6.07) is -0.993. The molecule has 1 aromatic rings. The Morgan fingerprint density at radius 1 is 1.53 bits per heavy atom. The zero-order valence-electron chi connectivity index (χ0n) is 10.6. The first kappa shape index (κ1) is 13.4. The average molecular weight is 266 g/mol. The summed E-state index contributed by atoms with van der Waals surface area (Å²) < 4.78 is 0. The van der Waals surface area contributed by atoms with Crippen LogP contribution in [0.1, 0.15) is 25.0 Å². The van der Waals surface area contributed by atoms with Crippen LogP contribution in [0.4, 0.5) is 4.79 Å². The molecule has 0 saturated carbocycles. The number of nitrogens with one attached hydrogen (secondary N) is 2. The average Bonchev–Trinajstić information content (AvgIpc) is 2.91. The van der Waals surface area contributed by atoms with Crippen molar-refractivity contribution in [2.45, 2.75) is 31.7 Å². The zero-order valence-corrected chi connectivity index (χ0v) is 10.6. The Morgan fingerprint density at radius 2 is 2.37 bits per heavy atom. The minimum Gasteiger partial charge on any atom is -0.480 e. The summed E-state index contributed by atoms with van der Waals surface area (Å²) >= 11 is 0. The largest absolute Gasteiger partial charge is 0.480 e. The van der Waals surface area contributed by atoms with E-state index in [1.807, 2.05) is 0 Å². The molecule has 0 radical (unpaired) electrons. The summed E-state index contributed by atoms with van der Waals surface area (Å²) in [6.45, 7) is 0.969. The standard InChI is InChI=1S/C12H18N4O3/c17-11(18)10-3-1-2-6-16(10)12(19)14-5-4-9-7-13-8-15-9/h7-8,10H,1-6H2,(H,13,15)(H,14,19)(H,17,18). The molecule has 7 nitrogen and oxygen atoms in total. The van der Waals surface area contributed by atoms with Gasteiger partial charge in [-0.25, -0.2) is 14.6 Å². The zero-order chi connectivity index (χ0) is 13.7. The minimum absolute atomic E-state index is 0.299. The molecule has 7 heteroatoms. The van der Waals surface area contributed by atoms with E-state index in [2.05, 4.69) is 15.3 Å². The predicted octanol–water partition coefficient (Wildman–Crippen LogP) is 0.601. The smallest absolute Gasteiger partial charge is 0.326 e. The second kappa shape index (κ2) is 6.21. The summed E-state index contributed by atoms with van der Waals surface area (Å²) in [4.78, 5) is 31.3. The molecule has 104 valence electrons. The monoisotopic (exact) mass is 266 g/mol. The number of rotatable bonds is 4. The first-order valence-electron chi connectivity index (χ1n) is 6.43. The number of carbonyl (C=O) groups is 2. The van der Waals surface area contributed by atoms with Crippen molar-refractivity contribution in [3.63, 3.8) is 0 Å². The topological polar surface area (TPSA) is 98.3 Å². The molecule has 0 aliphatic carbocycles. The quantitative estimate of drug-likeness (QED) is 0.743. The highest BCUT2D eigenvalue weighted by atomic mass is 16.4. The Kier molecular flexibility index (Phi) is 4.38. The molecule has 0 spiro atoms. The number of amides is 2. The Balaban J connectivity index is 1.82. The maximum absolute atomic E-state index is 12.0. The summed E-state index contributed by atoms with van der Waals surface area (Å²) in [7, 11) is 0. The molecule has 2 amide bonds. The van der Waals surface area contributed by atoms with E-state index >= 15 is 0 Å². The van der Waals surface area contributed by atoms with Gasteiger partial charge in [-0.1, -0.05) is 0 Å². The van der Waals surface area contributed by atoms with Gasteiger partial charge in [0.15, 0.2) is 0 Å². The molecule has 1 aliphatic heterocycles. The number of likely N-dealkylation sites (tertiary alicyclic amines) is 1. The van der Waals surface area contributed by atoms with Crippen LogP contribution in [-0.4, -0.2) is 51.1 Å². The maximum atomic E-state index is 12.0. The fourth-order valence-corrected chi connectivity index (χ4v) is 2.26. The number of carboxylic acid groups (broad SMARTS) is 1. The van der Waals surface area contributed by atoms with Crippen LogP contribution >= 0.6 is 0 Å². The third-order valence-corrected chi connectivity index (χ3v) is 3.27. The number of hydrogen-bond donors (Lipinski definition) is 3. The van der Waals surface area contributed by atoms with Crippen molar-refractivity contribution < 1.29 is 14.7 Å². The second-order valence-electron chi connectivity index (χ2n) is 4.60. The van der Waals surface area contributed by atoms with Crippen LogP contribution < -0.4 is 5.32 Å². The number of carboxylic acids is 1. The highest BCUT2D eigenvalue weighted by Gasteiger charge is 2.31. The van der Waals surface area contributed by atoms with Crippen molar-refractivity contribution in [3.8, 4) is 0 Å².